The maximum Gasteiger partial charge on any atom is 0.147 e. The molecule has 116 valence electrons. The lowest BCUT2D eigenvalue weighted by molar-refractivity contribution is -0.238. The maximum absolute atomic E-state index is 6.39. The molecule has 2 aliphatic heterocycles. The first-order valence-corrected chi connectivity index (χ1v) is 7.73. The van der Waals surface area contributed by atoms with Gasteiger partial charge in [0.05, 0.1) is 32.0 Å². The minimum atomic E-state index is -0.260. The first-order chi connectivity index (χ1) is 10.3. The molecule has 21 heavy (non-hydrogen) atoms. The Morgan fingerprint density at radius 3 is 2.57 bits per heavy atom. The van der Waals surface area contributed by atoms with Crippen LogP contribution in [0.4, 0.5) is 0 Å². The molecule has 0 aromatic heterocycles. The summed E-state index contributed by atoms with van der Waals surface area (Å²) in [7, 11) is 0. The highest BCUT2D eigenvalue weighted by Crippen LogP contribution is 2.41. The third-order valence-corrected chi connectivity index (χ3v) is 4.49. The van der Waals surface area contributed by atoms with E-state index in [1.54, 1.807) is 0 Å². The predicted molar refractivity (Wildman–Crippen MR) is 78.9 cm³/mol. The largest absolute Gasteiger partial charge is 0.374 e. The fourth-order valence-electron chi connectivity index (χ4n) is 3.16. The number of benzene rings is 1. The van der Waals surface area contributed by atoms with Crippen LogP contribution in [0.1, 0.15) is 31.7 Å². The minimum Gasteiger partial charge on any atom is -0.374 e. The Hall–Kier alpha value is -0.940. The highest BCUT2D eigenvalue weighted by Gasteiger charge is 2.50. The standard InChI is InChI=1S/C17H24O4/c1-2-16(11-18-10-15-6-4-3-5-7-15)8-9-17(21-16)12-19-14-20-13-17/h3-7H,2,8-14H2,1H3. The molecule has 2 aliphatic rings. The first-order valence-electron chi connectivity index (χ1n) is 7.73. The van der Waals surface area contributed by atoms with Gasteiger partial charge < -0.3 is 18.9 Å². The van der Waals surface area contributed by atoms with Gasteiger partial charge in [-0.3, -0.25) is 0 Å². The molecule has 0 amide bonds. The van der Waals surface area contributed by atoms with Gasteiger partial charge in [-0.05, 0) is 24.8 Å². The molecule has 1 unspecified atom stereocenters. The zero-order valence-corrected chi connectivity index (χ0v) is 12.7. The molecule has 2 saturated heterocycles. The summed E-state index contributed by atoms with van der Waals surface area (Å²) in [5.41, 5.74) is 0.740. The molecule has 1 aromatic carbocycles. The Balaban J connectivity index is 1.55. The lowest BCUT2D eigenvalue weighted by atomic mass is 9.95. The van der Waals surface area contributed by atoms with E-state index in [1.807, 2.05) is 18.2 Å². The number of hydrogen-bond donors (Lipinski definition) is 0. The summed E-state index contributed by atoms with van der Waals surface area (Å²) >= 11 is 0. The summed E-state index contributed by atoms with van der Waals surface area (Å²) < 4.78 is 23.2. The van der Waals surface area contributed by atoms with Crippen LogP contribution in [0.5, 0.6) is 0 Å². The summed E-state index contributed by atoms with van der Waals surface area (Å²) in [6, 6.07) is 10.2. The highest BCUT2D eigenvalue weighted by atomic mass is 16.7. The van der Waals surface area contributed by atoms with Crippen molar-refractivity contribution in [2.75, 3.05) is 26.6 Å². The molecule has 0 bridgehead atoms. The Labute approximate surface area is 126 Å². The summed E-state index contributed by atoms with van der Waals surface area (Å²) in [5, 5.41) is 0. The van der Waals surface area contributed by atoms with Gasteiger partial charge in [-0.15, -0.1) is 0 Å². The molecule has 0 saturated carbocycles. The van der Waals surface area contributed by atoms with Crippen LogP contribution in [0, 0.1) is 0 Å². The van der Waals surface area contributed by atoms with Gasteiger partial charge in [-0.25, -0.2) is 0 Å². The van der Waals surface area contributed by atoms with Crippen LogP contribution in [-0.4, -0.2) is 37.8 Å². The third-order valence-electron chi connectivity index (χ3n) is 4.49. The van der Waals surface area contributed by atoms with Gasteiger partial charge >= 0.3 is 0 Å². The Morgan fingerprint density at radius 2 is 1.86 bits per heavy atom. The lowest BCUT2D eigenvalue weighted by Crippen LogP contribution is -2.47. The summed E-state index contributed by atoms with van der Waals surface area (Å²) in [6.07, 6.45) is 2.93. The van der Waals surface area contributed by atoms with Crippen LogP contribution in [0.25, 0.3) is 0 Å². The van der Waals surface area contributed by atoms with Crippen LogP contribution in [-0.2, 0) is 25.6 Å². The van der Waals surface area contributed by atoms with Gasteiger partial charge in [0.1, 0.15) is 12.4 Å². The first kappa shape index (κ1) is 15.0. The zero-order valence-electron chi connectivity index (χ0n) is 12.7. The quantitative estimate of drug-likeness (QED) is 0.836. The van der Waals surface area contributed by atoms with E-state index in [4.69, 9.17) is 18.9 Å². The van der Waals surface area contributed by atoms with Gasteiger partial charge in [0.2, 0.25) is 0 Å². The molecule has 2 fully saturated rings. The monoisotopic (exact) mass is 292 g/mol. The second-order valence-electron chi connectivity index (χ2n) is 6.11. The van der Waals surface area contributed by atoms with Crippen molar-refractivity contribution in [2.45, 2.75) is 44.0 Å². The molecule has 4 nitrogen and oxygen atoms in total. The molecule has 2 heterocycles. The normalized spacial score (nSPS) is 28.0. The van der Waals surface area contributed by atoms with Crippen LogP contribution in [0.15, 0.2) is 30.3 Å². The molecular formula is C17H24O4. The van der Waals surface area contributed by atoms with Crippen molar-refractivity contribution in [2.24, 2.45) is 0 Å². The van der Waals surface area contributed by atoms with Crippen molar-refractivity contribution in [1.29, 1.82) is 0 Å². The van der Waals surface area contributed by atoms with Crippen LogP contribution < -0.4 is 0 Å². The van der Waals surface area contributed by atoms with E-state index >= 15 is 0 Å². The van der Waals surface area contributed by atoms with Crippen LogP contribution in [0.2, 0.25) is 0 Å². The molecule has 3 rings (SSSR count). The van der Waals surface area contributed by atoms with E-state index in [2.05, 4.69) is 19.1 Å². The van der Waals surface area contributed by atoms with E-state index in [9.17, 15) is 0 Å². The molecule has 0 aliphatic carbocycles. The van der Waals surface area contributed by atoms with Crippen molar-refractivity contribution >= 4 is 0 Å². The highest BCUT2D eigenvalue weighted by molar-refractivity contribution is 5.13. The van der Waals surface area contributed by atoms with Gasteiger partial charge in [0.25, 0.3) is 0 Å². The molecule has 0 N–H and O–H groups in total. The molecule has 1 atom stereocenters. The van der Waals surface area contributed by atoms with Crippen LogP contribution >= 0.6 is 0 Å². The second kappa shape index (κ2) is 6.44. The molecule has 1 aromatic rings. The van der Waals surface area contributed by atoms with E-state index in [0.29, 0.717) is 33.2 Å². The fraction of sp³-hybridized carbons (Fsp3) is 0.647. The van der Waals surface area contributed by atoms with Gasteiger partial charge in [-0.2, -0.15) is 0 Å². The maximum atomic E-state index is 6.39. The molecule has 4 heteroatoms. The van der Waals surface area contributed by atoms with E-state index < -0.39 is 0 Å². The lowest BCUT2D eigenvalue weighted by Gasteiger charge is -2.36. The topological polar surface area (TPSA) is 36.9 Å². The number of ether oxygens (including phenoxy) is 4. The van der Waals surface area contributed by atoms with E-state index in [-0.39, 0.29) is 11.2 Å². The molecule has 1 spiro atoms. The minimum absolute atomic E-state index is 0.196. The third kappa shape index (κ3) is 3.46. The number of hydrogen-bond acceptors (Lipinski definition) is 4. The van der Waals surface area contributed by atoms with Gasteiger partial charge in [0.15, 0.2) is 0 Å². The van der Waals surface area contributed by atoms with E-state index in [0.717, 1.165) is 19.3 Å². The van der Waals surface area contributed by atoms with Crippen molar-refractivity contribution in [1.82, 2.24) is 0 Å². The van der Waals surface area contributed by atoms with E-state index in [1.165, 1.54) is 5.56 Å². The van der Waals surface area contributed by atoms with Crippen LogP contribution in [0.3, 0.4) is 0 Å². The van der Waals surface area contributed by atoms with Gasteiger partial charge in [-0.1, -0.05) is 37.3 Å². The average molecular weight is 292 g/mol. The molecule has 0 radical (unpaired) electrons. The average Bonchev–Trinajstić information content (AvgIpc) is 2.88. The van der Waals surface area contributed by atoms with Crippen molar-refractivity contribution in [3.05, 3.63) is 35.9 Å². The fourth-order valence-corrected chi connectivity index (χ4v) is 3.16. The Kier molecular flexibility index (Phi) is 4.60. The van der Waals surface area contributed by atoms with Crippen molar-refractivity contribution in [3.8, 4) is 0 Å². The Morgan fingerprint density at radius 1 is 1.10 bits per heavy atom. The SMILES string of the molecule is CCC1(COCc2ccccc2)CCC2(COCOC2)O1. The predicted octanol–water partition coefficient (Wildman–Crippen LogP) is 2.91. The zero-order chi connectivity index (χ0) is 14.6. The van der Waals surface area contributed by atoms with Crippen molar-refractivity contribution in [3.63, 3.8) is 0 Å². The second-order valence-corrected chi connectivity index (χ2v) is 6.11. The Bertz CT molecular complexity index is 441. The number of rotatable bonds is 5. The summed E-state index contributed by atoms with van der Waals surface area (Å²) in [5.74, 6) is 0. The smallest absolute Gasteiger partial charge is 0.147 e. The summed E-state index contributed by atoms with van der Waals surface area (Å²) in [4.78, 5) is 0. The molecular weight excluding hydrogens is 268 g/mol. The summed E-state index contributed by atoms with van der Waals surface area (Å²) in [6.45, 7) is 5.07. The van der Waals surface area contributed by atoms with Gasteiger partial charge in [0, 0.05) is 0 Å². The van der Waals surface area contributed by atoms with Crippen molar-refractivity contribution < 1.29 is 18.9 Å².